The van der Waals surface area contributed by atoms with Gasteiger partial charge in [0.25, 0.3) is 0 Å². The Kier molecular flexibility index (Phi) is 4.42. The predicted octanol–water partition coefficient (Wildman–Crippen LogP) is 2.75. The fraction of sp³-hybridized carbons (Fsp3) is 1.00. The van der Waals surface area contributed by atoms with Crippen molar-refractivity contribution in [3.63, 3.8) is 0 Å². The molecule has 4 nitrogen and oxygen atoms in total. The maximum atomic E-state index is 11.7. The van der Waals surface area contributed by atoms with Crippen LogP contribution in [-0.4, -0.2) is 39.5 Å². The quantitative estimate of drug-likeness (QED) is 0.755. The second-order valence-electron chi connectivity index (χ2n) is 5.86. The number of hydroxylamine groups is 4. The highest BCUT2D eigenvalue weighted by Crippen LogP contribution is 2.30. The van der Waals surface area contributed by atoms with Gasteiger partial charge in [0.15, 0.2) is 0 Å². The van der Waals surface area contributed by atoms with Gasteiger partial charge >= 0.3 is 0 Å². The third kappa shape index (κ3) is 2.99. The van der Waals surface area contributed by atoms with Crippen LogP contribution in [0.5, 0.6) is 0 Å². The summed E-state index contributed by atoms with van der Waals surface area (Å²) in [4.78, 5) is 0. The molecule has 2 aliphatic rings. The molecule has 1 aliphatic carbocycles. The summed E-state index contributed by atoms with van der Waals surface area (Å²) < 4.78 is 0. The smallest absolute Gasteiger partial charge is 0.0382 e. The molecular weight excluding hydrogens is 216 g/mol. The van der Waals surface area contributed by atoms with Crippen molar-refractivity contribution in [2.24, 2.45) is 0 Å². The van der Waals surface area contributed by atoms with Crippen LogP contribution in [0.1, 0.15) is 58.8 Å². The van der Waals surface area contributed by atoms with Crippen molar-refractivity contribution in [2.75, 3.05) is 0 Å². The van der Waals surface area contributed by atoms with Crippen LogP contribution in [0.2, 0.25) is 0 Å². The Balaban J connectivity index is 1.92. The second-order valence-corrected chi connectivity index (χ2v) is 5.86. The van der Waals surface area contributed by atoms with E-state index in [0.717, 1.165) is 25.7 Å². The summed E-state index contributed by atoms with van der Waals surface area (Å²) in [5.74, 6) is 0. The minimum atomic E-state index is 0.0296. The van der Waals surface area contributed by atoms with Crippen LogP contribution >= 0.6 is 0 Å². The van der Waals surface area contributed by atoms with E-state index in [4.69, 9.17) is 0 Å². The zero-order valence-corrected chi connectivity index (χ0v) is 11.0. The third-order valence-electron chi connectivity index (χ3n) is 4.42. The SMILES string of the molecule is CC1CC(N(O)C2CCCCC2)CC(C)N1[O-]. The molecule has 1 N–H and O–H groups in total. The lowest BCUT2D eigenvalue weighted by Gasteiger charge is -2.50. The maximum absolute atomic E-state index is 11.7. The van der Waals surface area contributed by atoms with Crippen molar-refractivity contribution < 1.29 is 5.21 Å². The number of hydrogen-bond donors (Lipinski definition) is 1. The first-order valence-corrected chi connectivity index (χ1v) is 7.02. The summed E-state index contributed by atoms with van der Waals surface area (Å²) in [6, 6.07) is 0.559. The topological polar surface area (TPSA) is 49.8 Å². The van der Waals surface area contributed by atoms with E-state index in [1.54, 1.807) is 5.06 Å². The molecule has 1 saturated heterocycles. The van der Waals surface area contributed by atoms with Crippen molar-refractivity contribution in [2.45, 2.75) is 83.0 Å². The molecule has 0 amide bonds. The van der Waals surface area contributed by atoms with Crippen molar-refractivity contribution in [1.29, 1.82) is 0 Å². The van der Waals surface area contributed by atoms with Crippen LogP contribution in [0, 0.1) is 5.21 Å². The Hall–Kier alpha value is -0.160. The predicted molar refractivity (Wildman–Crippen MR) is 67.7 cm³/mol. The normalized spacial score (nSPS) is 37.6. The van der Waals surface area contributed by atoms with Crippen LogP contribution in [0.15, 0.2) is 0 Å². The van der Waals surface area contributed by atoms with E-state index >= 15 is 0 Å². The highest BCUT2D eigenvalue weighted by atomic mass is 16.5. The third-order valence-corrected chi connectivity index (χ3v) is 4.42. The van der Waals surface area contributed by atoms with Gasteiger partial charge in [0, 0.05) is 12.1 Å². The Morgan fingerprint density at radius 2 is 1.53 bits per heavy atom. The maximum Gasteiger partial charge on any atom is 0.0382 e. The van der Waals surface area contributed by atoms with Crippen molar-refractivity contribution in [3.05, 3.63) is 5.21 Å². The summed E-state index contributed by atoms with van der Waals surface area (Å²) in [6.45, 7) is 3.93. The summed E-state index contributed by atoms with van der Waals surface area (Å²) in [7, 11) is 0. The first-order valence-electron chi connectivity index (χ1n) is 7.02. The van der Waals surface area contributed by atoms with Gasteiger partial charge < -0.3 is 15.5 Å². The lowest BCUT2D eigenvalue weighted by Crippen LogP contribution is -2.52. The molecule has 0 bridgehead atoms. The van der Waals surface area contributed by atoms with Crippen LogP contribution in [0.3, 0.4) is 0 Å². The van der Waals surface area contributed by atoms with Crippen LogP contribution in [0.25, 0.3) is 0 Å². The number of nitrogens with zero attached hydrogens (tertiary/aromatic N) is 2. The van der Waals surface area contributed by atoms with Crippen molar-refractivity contribution >= 4 is 0 Å². The molecule has 2 atom stereocenters. The Morgan fingerprint density at radius 1 is 1.00 bits per heavy atom. The van der Waals surface area contributed by atoms with Gasteiger partial charge in [-0.05, 0) is 37.8 Å². The van der Waals surface area contributed by atoms with Gasteiger partial charge in [0.05, 0.1) is 0 Å². The van der Waals surface area contributed by atoms with E-state index in [-0.39, 0.29) is 18.1 Å². The summed E-state index contributed by atoms with van der Waals surface area (Å²) in [5.41, 5.74) is 0. The first-order chi connectivity index (χ1) is 8.09. The Labute approximate surface area is 104 Å². The minimum Gasteiger partial charge on any atom is -0.785 e. The fourth-order valence-corrected chi connectivity index (χ4v) is 3.39. The average molecular weight is 241 g/mol. The Bertz CT molecular complexity index is 232. The van der Waals surface area contributed by atoms with E-state index in [0.29, 0.717) is 6.04 Å². The monoisotopic (exact) mass is 241 g/mol. The molecule has 2 unspecified atom stereocenters. The molecule has 0 aromatic heterocycles. The van der Waals surface area contributed by atoms with Gasteiger partial charge in [-0.15, -0.1) is 0 Å². The molecule has 1 saturated carbocycles. The van der Waals surface area contributed by atoms with Crippen molar-refractivity contribution in [1.82, 2.24) is 10.1 Å². The molecule has 4 heteroatoms. The van der Waals surface area contributed by atoms with Crippen LogP contribution in [-0.2, 0) is 0 Å². The average Bonchev–Trinajstić information content (AvgIpc) is 2.35. The number of hydrogen-bond acceptors (Lipinski definition) is 4. The second kappa shape index (κ2) is 5.65. The highest BCUT2D eigenvalue weighted by molar-refractivity contribution is 4.89. The zero-order chi connectivity index (χ0) is 12.4. The summed E-state index contributed by atoms with van der Waals surface area (Å²) >= 11 is 0. The molecule has 0 aromatic rings. The number of piperidine rings is 1. The van der Waals surface area contributed by atoms with E-state index in [2.05, 4.69) is 0 Å². The summed E-state index contributed by atoms with van der Waals surface area (Å²) in [5, 5.41) is 24.8. The fourth-order valence-electron chi connectivity index (χ4n) is 3.39. The minimum absolute atomic E-state index is 0.0296. The molecule has 2 fully saturated rings. The molecule has 0 spiro atoms. The number of rotatable bonds is 2. The van der Waals surface area contributed by atoms with E-state index in [1.165, 1.54) is 24.3 Å². The molecule has 2 rings (SSSR count). The Morgan fingerprint density at radius 3 is 2.06 bits per heavy atom. The lowest BCUT2D eigenvalue weighted by atomic mass is 9.90. The molecule has 100 valence electrons. The molecule has 17 heavy (non-hydrogen) atoms. The van der Waals surface area contributed by atoms with Gasteiger partial charge in [0.2, 0.25) is 0 Å². The van der Waals surface area contributed by atoms with E-state index in [9.17, 15) is 10.4 Å². The van der Waals surface area contributed by atoms with Gasteiger partial charge in [-0.3, -0.25) is 0 Å². The van der Waals surface area contributed by atoms with Gasteiger partial charge in [-0.2, -0.15) is 5.06 Å². The highest BCUT2D eigenvalue weighted by Gasteiger charge is 2.32. The lowest BCUT2D eigenvalue weighted by molar-refractivity contribution is -0.182. The molecule has 1 heterocycles. The first kappa shape index (κ1) is 13.3. The molecule has 0 radical (unpaired) electrons. The molecule has 1 aliphatic heterocycles. The van der Waals surface area contributed by atoms with E-state index in [1.807, 2.05) is 13.8 Å². The van der Waals surface area contributed by atoms with E-state index < -0.39 is 0 Å². The van der Waals surface area contributed by atoms with Gasteiger partial charge in [-0.1, -0.05) is 33.1 Å². The van der Waals surface area contributed by atoms with Gasteiger partial charge in [0.1, 0.15) is 0 Å². The zero-order valence-electron chi connectivity index (χ0n) is 11.0. The van der Waals surface area contributed by atoms with Crippen LogP contribution < -0.4 is 0 Å². The largest absolute Gasteiger partial charge is 0.785 e. The molecule has 0 aromatic carbocycles. The standard InChI is InChI=1S/C13H25N2O2/c1-10-8-13(9-11(2)14(10)16)15(17)12-6-4-3-5-7-12/h10-13,17H,3-9H2,1-2H3/q-1. The summed E-state index contributed by atoms with van der Waals surface area (Å²) in [6.07, 6.45) is 7.56. The van der Waals surface area contributed by atoms with Crippen LogP contribution in [0.4, 0.5) is 0 Å². The van der Waals surface area contributed by atoms with Crippen molar-refractivity contribution in [3.8, 4) is 0 Å². The molecular formula is C13H25N2O2-. The van der Waals surface area contributed by atoms with Gasteiger partial charge in [-0.25, -0.2) is 0 Å².